The molecule has 0 spiro atoms. The van der Waals surface area contributed by atoms with Crippen LogP contribution in [0, 0.1) is 0 Å². The van der Waals surface area contributed by atoms with Crippen molar-refractivity contribution in [3.8, 4) is 11.4 Å². The summed E-state index contributed by atoms with van der Waals surface area (Å²) in [6.07, 6.45) is 5.87. The van der Waals surface area contributed by atoms with Crippen LogP contribution in [0.1, 0.15) is 10.4 Å². The van der Waals surface area contributed by atoms with Crippen LogP contribution in [0.2, 0.25) is 0 Å². The van der Waals surface area contributed by atoms with Crippen LogP contribution in [0.4, 0.5) is 5.69 Å². The largest absolute Gasteiger partial charge is 0.360 e. The third kappa shape index (κ3) is 2.94. The van der Waals surface area contributed by atoms with E-state index in [-0.39, 0.29) is 5.34 Å². The highest BCUT2D eigenvalue weighted by Gasteiger charge is 2.13. The zero-order chi connectivity index (χ0) is 13.7. The summed E-state index contributed by atoms with van der Waals surface area (Å²) < 4.78 is 1.66. The first kappa shape index (κ1) is 13.6. The van der Waals surface area contributed by atoms with Crippen LogP contribution < -0.4 is 5.32 Å². The van der Waals surface area contributed by atoms with Crippen molar-refractivity contribution in [2.24, 2.45) is 0 Å². The predicted octanol–water partition coefficient (Wildman–Crippen LogP) is 3.03. The number of anilines is 1. The van der Waals surface area contributed by atoms with Gasteiger partial charge in [-0.25, -0.2) is 9.67 Å². The van der Waals surface area contributed by atoms with Crippen LogP contribution in [0.3, 0.4) is 0 Å². The summed E-state index contributed by atoms with van der Waals surface area (Å²) >= 11 is 9.53. The number of aldehydes is 1. The highest BCUT2D eigenvalue weighted by Crippen LogP contribution is 2.29. The number of alkyl halides is 2. The summed E-state index contributed by atoms with van der Waals surface area (Å²) in [6, 6.07) is 5.41. The van der Waals surface area contributed by atoms with Gasteiger partial charge in [-0.15, -0.1) is 23.2 Å². The maximum Gasteiger partial charge on any atom is 0.164 e. The maximum absolute atomic E-state index is 10.7. The summed E-state index contributed by atoms with van der Waals surface area (Å²) in [5, 5.41) is 7.37. The highest BCUT2D eigenvalue weighted by atomic mass is 35.5. The molecular formula is C12H10Cl2N4O. The summed E-state index contributed by atoms with van der Waals surface area (Å²) in [7, 11) is 0. The lowest BCUT2D eigenvalue weighted by molar-refractivity contribution is 0.112. The van der Waals surface area contributed by atoms with Crippen LogP contribution in [0.15, 0.2) is 30.7 Å². The van der Waals surface area contributed by atoms with E-state index in [0.717, 1.165) is 23.4 Å². The second-order valence-corrected chi connectivity index (χ2v) is 4.32. The minimum absolute atomic E-state index is 0.194. The number of rotatable bonds is 1. The topological polar surface area (TPSA) is 59.8 Å². The molecule has 3 rings (SSSR count). The van der Waals surface area contributed by atoms with Gasteiger partial charge in [0.15, 0.2) is 5.82 Å². The molecule has 1 aliphatic rings. The van der Waals surface area contributed by atoms with E-state index in [9.17, 15) is 4.79 Å². The first-order valence-electron chi connectivity index (χ1n) is 5.34. The van der Waals surface area contributed by atoms with E-state index in [1.54, 1.807) is 29.2 Å². The molecular weight excluding hydrogens is 287 g/mol. The van der Waals surface area contributed by atoms with Gasteiger partial charge in [-0.05, 0) is 18.2 Å². The minimum Gasteiger partial charge on any atom is -0.360 e. The first-order chi connectivity index (χ1) is 9.30. The number of carbonyl (C=O) groups is 1. The second-order valence-electron chi connectivity index (χ2n) is 3.51. The van der Waals surface area contributed by atoms with Gasteiger partial charge in [0.2, 0.25) is 0 Å². The number of hydrogen-bond donors (Lipinski definition) is 1. The van der Waals surface area contributed by atoms with Crippen molar-refractivity contribution in [3.63, 3.8) is 0 Å². The fraction of sp³-hybridized carbons (Fsp3) is 0.0833. The van der Waals surface area contributed by atoms with Crippen LogP contribution in [0.5, 0.6) is 0 Å². The molecule has 0 saturated heterocycles. The number of carbonyl (C=O) groups excluding carboxylic acids is 1. The summed E-state index contributed by atoms with van der Waals surface area (Å²) in [5.41, 5.74) is 2.40. The molecule has 1 aromatic carbocycles. The molecule has 2 heterocycles. The average molecular weight is 297 g/mol. The lowest BCUT2D eigenvalue weighted by Crippen LogP contribution is -1.94. The normalized spacial score (nSPS) is 11.3. The molecule has 0 aliphatic carbocycles. The molecule has 0 bridgehead atoms. The van der Waals surface area contributed by atoms with Crippen molar-refractivity contribution < 1.29 is 4.79 Å². The second kappa shape index (κ2) is 6.36. The smallest absolute Gasteiger partial charge is 0.164 e. The Morgan fingerprint density at radius 2 is 2.16 bits per heavy atom. The standard InChI is InChI=1S/C11H8N4O.CH2Cl2/c16-6-8-1-2-10-9(5-8)11-13-7-14-15(11)4-3-12-10;2-1-3/h1-7,12H;1H2. The monoisotopic (exact) mass is 296 g/mol. The van der Waals surface area contributed by atoms with Gasteiger partial charge in [0.05, 0.1) is 5.34 Å². The van der Waals surface area contributed by atoms with Gasteiger partial charge in [-0.1, -0.05) is 0 Å². The number of halogens is 2. The Morgan fingerprint density at radius 3 is 2.89 bits per heavy atom. The Kier molecular flexibility index (Phi) is 4.54. The molecule has 98 valence electrons. The fourth-order valence-corrected chi connectivity index (χ4v) is 1.70. The van der Waals surface area contributed by atoms with Gasteiger partial charge in [0.1, 0.15) is 12.6 Å². The highest BCUT2D eigenvalue weighted by molar-refractivity contribution is 6.40. The van der Waals surface area contributed by atoms with Gasteiger partial charge < -0.3 is 5.32 Å². The molecule has 0 unspecified atom stereocenters. The zero-order valence-electron chi connectivity index (χ0n) is 9.75. The lowest BCUT2D eigenvalue weighted by Gasteiger charge is -2.05. The van der Waals surface area contributed by atoms with Gasteiger partial charge in [-0.2, -0.15) is 5.10 Å². The van der Waals surface area contributed by atoms with Crippen molar-refractivity contribution in [1.29, 1.82) is 0 Å². The molecule has 1 N–H and O–H groups in total. The number of fused-ring (bicyclic) bond motifs is 3. The van der Waals surface area contributed by atoms with Crippen molar-refractivity contribution in [2.75, 3.05) is 10.7 Å². The molecule has 0 radical (unpaired) electrons. The van der Waals surface area contributed by atoms with E-state index in [4.69, 9.17) is 23.2 Å². The SMILES string of the molecule is ClCCl.O=Cc1ccc2c(c1)-c1ncnn1C=CN2. The Balaban J connectivity index is 0.000000408. The van der Waals surface area contributed by atoms with Gasteiger partial charge in [-0.3, -0.25) is 4.79 Å². The molecule has 1 aliphatic heterocycles. The van der Waals surface area contributed by atoms with Crippen LogP contribution in [-0.2, 0) is 0 Å². The molecule has 19 heavy (non-hydrogen) atoms. The number of hydrogen-bond acceptors (Lipinski definition) is 4. The number of nitrogens with one attached hydrogen (secondary N) is 1. The molecule has 5 nitrogen and oxygen atoms in total. The van der Waals surface area contributed by atoms with Crippen LogP contribution in [0.25, 0.3) is 17.6 Å². The molecule has 1 aromatic heterocycles. The van der Waals surface area contributed by atoms with Gasteiger partial charge >= 0.3 is 0 Å². The van der Waals surface area contributed by atoms with Gasteiger partial charge in [0.25, 0.3) is 0 Å². The van der Waals surface area contributed by atoms with Crippen molar-refractivity contribution in [3.05, 3.63) is 36.3 Å². The average Bonchev–Trinajstić information content (AvgIpc) is 2.82. The van der Waals surface area contributed by atoms with Gasteiger partial charge in [0, 0.05) is 29.2 Å². The van der Waals surface area contributed by atoms with E-state index in [2.05, 4.69) is 15.4 Å². The van der Waals surface area contributed by atoms with Crippen LogP contribution >= 0.6 is 23.2 Å². The van der Waals surface area contributed by atoms with E-state index in [1.807, 2.05) is 6.07 Å². The summed E-state index contributed by atoms with van der Waals surface area (Å²) in [5.74, 6) is 0.722. The predicted molar refractivity (Wildman–Crippen MR) is 76.4 cm³/mol. The fourth-order valence-electron chi connectivity index (χ4n) is 1.70. The summed E-state index contributed by atoms with van der Waals surface area (Å²) in [4.78, 5) is 14.9. The van der Waals surface area contributed by atoms with E-state index in [0.29, 0.717) is 5.56 Å². The minimum atomic E-state index is 0.194. The van der Waals surface area contributed by atoms with Crippen molar-refractivity contribution >= 4 is 41.4 Å². The number of aromatic nitrogens is 3. The molecule has 0 saturated carbocycles. The van der Waals surface area contributed by atoms with E-state index >= 15 is 0 Å². The van der Waals surface area contributed by atoms with E-state index < -0.39 is 0 Å². The molecule has 0 atom stereocenters. The quantitative estimate of drug-likeness (QED) is 0.649. The molecule has 7 heteroatoms. The Hall–Kier alpha value is -1.85. The zero-order valence-corrected chi connectivity index (χ0v) is 11.3. The van der Waals surface area contributed by atoms with Crippen molar-refractivity contribution in [2.45, 2.75) is 0 Å². The molecule has 0 fully saturated rings. The lowest BCUT2D eigenvalue weighted by atomic mass is 10.1. The Morgan fingerprint density at radius 1 is 1.37 bits per heavy atom. The third-order valence-electron chi connectivity index (χ3n) is 2.45. The number of benzene rings is 1. The Bertz CT molecular complexity index is 610. The van der Waals surface area contributed by atoms with Crippen molar-refractivity contribution in [1.82, 2.24) is 14.8 Å². The van der Waals surface area contributed by atoms with E-state index in [1.165, 1.54) is 6.33 Å². The maximum atomic E-state index is 10.7. The first-order valence-corrected chi connectivity index (χ1v) is 6.41. The number of nitrogens with zero attached hydrogens (tertiary/aromatic N) is 3. The van der Waals surface area contributed by atoms with Crippen LogP contribution in [-0.4, -0.2) is 26.4 Å². The third-order valence-corrected chi connectivity index (χ3v) is 2.45. The molecule has 0 amide bonds. The Labute approximate surface area is 119 Å². The summed E-state index contributed by atoms with van der Waals surface area (Å²) in [6.45, 7) is 0. The molecule has 2 aromatic rings.